The summed E-state index contributed by atoms with van der Waals surface area (Å²) in [6.07, 6.45) is 0. The molecule has 0 saturated carbocycles. The molecule has 0 atom stereocenters. The average Bonchev–Trinajstić information content (AvgIpc) is 2.87. The minimum Gasteiger partial charge on any atom is -0.456 e. The molecule has 0 spiro atoms. The number of nitrogens with one attached hydrogen (secondary N) is 1. The van der Waals surface area contributed by atoms with Crippen molar-refractivity contribution in [2.45, 2.75) is 5.54 Å². The Hall–Kier alpha value is -2.36. The topological polar surface area (TPSA) is 51.2 Å². The van der Waals surface area contributed by atoms with Gasteiger partial charge < -0.3 is 15.5 Å². The molecule has 0 unspecified atom stereocenters. The summed E-state index contributed by atoms with van der Waals surface area (Å²) < 4.78 is 6.02. The monoisotopic (exact) mass is 288 g/mol. The molecule has 108 valence electrons. The van der Waals surface area contributed by atoms with Gasteiger partial charge in [-0.1, -0.05) is 30.3 Å². The molecule has 1 aliphatic heterocycles. The van der Waals surface area contributed by atoms with Crippen LogP contribution in [0.25, 0.3) is 32.7 Å². The highest BCUT2D eigenvalue weighted by molar-refractivity contribution is 6.10. The van der Waals surface area contributed by atoms with E-state index < -0.39 is 0 Å². The van der Waals surface area contributed by atoms with E-state index in [-0.39, 0.29) is 5.54 Å². The number of hydrogen-bond donors (Lipinski definition) is 2. The maximum Gasteiger partial charge on any atom is 0.136 e. The summed E-state index contributed by atoms with van der Waals surface area (Å²) in [4.78, 5) is 0. The molecule has 0 radical (unpaired) electrons. The van der Waals surface area contributed by atoms with Crippen LogP contribution in [0.1, 0.15) is 5.56 Å². The van der Waals surface area contributed by atoms with Crippen molar-refractivity contribution in [1.82, 2.24) is 5.32 Å². The van der Waals surface area contributed by atoms with E-state index in [1.165, 1.54) is 16.3 Å². The molecular formula is C19H16N2O. The molecule has 2 heterocycles. The minimum atomic E-state index is -0.241. The number of rotatable bonds is 1. The summed E-state index contributed by atoms with van der Waals surface area (Å²) in [5.74, 6) is 0. The highest BCUT2D eigenvalue weighted by atomic mass is 16.3. The molecule has 5 rings (SSSR count). The van der Waals surface area contributed by atoms with Gasteiger partial charge in [-0.05, 0) is 40.6 Å². The quantitative estimate of drug-likeness (QED) is 0.563. The Morgan fingerprint density at radius 2 is 1.59 bits per heavy atom. The zero-order valence-electron chi connectivity index (χ0n) is 12.1. The largest absolute Gasteiger partial charge is 0.456 e. The van der Waals surface area contributed by atoms with Gasteiger partial charge in [-0.3, -0.25) is 0 Å². The summed E-state index contributed by atoms with van der Waals surface area (Å²) in [5, 5.41) is 8.00. The maximum atomic E-state index is 6.43. The first-order valence-corrected chi connectivity index (χ1v) is 7.58. The first-order valence-electron chi connectivity index (χ1n) is 7.58. The molecule has 3 N–H and O–H groups in total. The van der Waals surface area contributed by atoms with E-state index in [4.69, 9.17) is 10.2 Å². The van der Waals surface area contributed by atoms with E-state index in [9.17, 15) is 0 Å². The minimum absolute atomic E-state index is 0.241. The summed E-state index contributed by atoms with van der Waals surface area (Å²) in [5.41, 5.74) is 9.21. The number of hydrogen-bond acceptors (Lipinski definition) is 3. The number of nitrogens with two attached hydrogens (primary N) is 1. The van der Waals surface area contributed by atoms with Gasteiger partial charge in [0.25, 0.3) is 0 Å². The SMILES string of the molecule is NC1(c2ccc3oc4cc5ccccc5cc4c3c2)CNC1. The van der Waals surface area contributed by atoms with Gasteiger partial charge in [0.15, 0.2) is 0 Å². The van der Waals surface area contributed by atoms with Crippen molar-refractivity contribution < 1.29 is 4.42 Å². The van der Waals surface area contributed by atoms with Crippen LogP contribution in [0, 0.1) is 0 Å². The van der Waals surface area contributed by atoms with Crippen LogP contribution in [0.3, 0.4) is 0 Å². The molecule has 1 aromatic heterocycles. The maximum absolute atomic E-state index is 6.43. The van der Waals surface area contributed by atoms with E-state index in [0.29, 0.717) is 0 Å². The molecule has 1 saturated heterocycles. The predicted molar refractivity (Wildman–Crippen MR) is 90.0 cm³/mol. The van der Waals surface area contributed by atoms with Crippen LogP contribution < -0.4 is 11.1 Å². The third-order valence-electron chi connectivity index (χ3n) is 4.79. The van der Waals surface area contributed by atoms with Gasteiger partial charge >= 0.3 is 0 Å². The zero-order chi connectivity index (χ0) is 14.7. The molecule has 0 aliphatic carbocycles. The molecule has 4 aromatic rings. The summed E-state index contributed by atoms with van der Waals surface area (Å²) in [6.45, 7) is 1.66. The lowest BCUT2D eigenvalue weighted by Crippen LogP contribution is -2.62. The van der Waals surface area contributed by atoms with E-state index >= 15 is 0 Å². The summed E-state index contributed by atoms with van der Waals surface area (Å²) in [7, 11) is 0. The van der Waals surface area contributed by atoms with Crippen molar-refractivity contribution in [3.63, 3.8) is 0 Å². The van der Waals surface area contributed by atoms with Crippen LogP contribution >= 0.6 is 0 Å². The second kappa shape index (κ2) is 4.09. The van der Waals surface area contributed by atoms with Crippen molar-refractivity contribution in [3.8, 4) is 0 Å². The van der Waals surface area contributed by atoms with Gasteiger partial charge in [-0.2, -0.15) is 0 Å². The standard InChI is InChI=1S/C19H16N2O/c20-19(10-21-11-19)14-5-6-17-16(9-14)15-7-12-3-1-2-4-13(12)8-18(15)22-17/h1-9,21H,10-11,20H2. The fraction of sp³-hybridized carbons (Fsp3) is 0.158. The number of fused-ring (bicyclic) bond motifs is 4. The molecule has 22 heavy (non-hydrogen) atoms. The predicted octanol–water partition coefficient (Wildman–Crippen LogP) is 3.50. The Morgan fingerprint density at radius 1 is 0.864 bits per heavy atom. The molecule has 3 aromatic carbocycles. The first-order chi connectivity index (χ1) is 10.7. The molecule has 1 aliphatic rings. The zero-order valence-corrected chi connectivity index (χ0v) is 12.1. The number of furan rings is 1. The lowest BCUT2D eigenvalue weighted by Gasteiger charge is -2.39. The Labute approximate surface area is 127 Å². The highest BCUT2D eigenvalue weighted by Gasteiger charge is 2.34. The molecular weight excluding hydrogens is 272 g/mol. The molecule has 3 nitrogen and oxygen atoms in total. The van der Waals surface area contributed by atoms with Crippen molar-refractivity contribution >= 4 is 32.7 Å². The van der Waals surface area contributed by atoms with Gasteiger partial charge in [-0.25, -0.2) is 0 Å². The van der Waals surface area contributed by atoms with Crippen LogP contribution in [-0.4, -0.2) is 13.1 Å². The van der Waals surface area contributed by atoms with E-state index in [1.807, 2.05) is 6.07 Å². The Morgan fingerprint density at radius 3 is 2.32 bits per heavy atom. The van der Waals surface area contributed by atoms with E-state index in [2.05, 4.69) is 53.8 Å². The van der Waals surface area contributed by atoms with Gasteiger partial charge in [0, 0.05) is 23.9 Å². The lowest BCUT2D eigenvalue weighted by molar-refractivity contribution is 0.287. The van der Waals surface area contributed by atoms with Gasteiger partial charge in [0.1, 0.15) is 11.2 Å². The Balaban J connectivity index is 1.83. The van der Waals surface area contributed by atoms with Crippen molar-refractivity contribution in [3.05, 3.63) is 60.2 Å². The van der Waals surface area contributed by atoms with Gasteiger partial charge in [0.2, 0.25) is 0 Å². The lowest BCUT2D eigenvalue weighted by atomic mass is 9.85. The fourth-order valence-corrected chi connectivity index (χ4v) is 3.37. The van der Waals surface area contributed by atoms with Crippen LogP contribution in [-0.2, 0) is 5.54 Å². The normalized spacial score (nSPS) is 17.1. The second-order valence-electron chi connectivity index (χ2n) is 6.27. The molecule has 3 heteroatoms. The van der Waals surface area contributed by atoms with Crippen LogP contribution in [0.2, 0.25) is 0 Å². The average molecular weight is 288 g/mol. The smallest absolute Gasteiger partial charge is 0.136 e. The van der Waals surface area contributed by atoms with Crippen LogP contribution in [0.5, 0.6) is 0 Å². The molecule has 0 bridgehead atoms. The van der Waals surface area contributed by atoms with Gasteiger partial charge in [-0.15, -0.1) is 0 Å². The third-order valence-corrected chi connectivity index (χ3v) is 4.79. The third kappa shape index (κ3) is 1.58. The summed E-state index contributed by atoms with van der Waals surface area (Å²) >= 11 is 0. The fourth-order valence-electron chi connectivity index (χ4n) is 3.37. The highest BCUT2D eigenvalue weighted by Crippen LogP contribution is 2.34. The summed E-state index contributed by atoms with van der Waals surface area (Å²) in [6, 6.07) is 19.0. The van der Waals surface area contributed by atoms with Crippen LogP contribution in [0.15, 0.2) is 59.0 Å². The van der Waals surface area contributed by atoms with Crippen molar-refractivity contribution in [1.29, 1.82) is 0 Å². The number of benzene rings is 3. The van der Waals surface area contributed by atoms with Crippen molar-refractivity contribution in [2.24, 2.45) is 5.73 Å². The second-order valence-corrected chi connectivity index (χ2v) is 6.27. The Kier molecular flexibility index (Phi) is 2.27. The van der Waals surface area contributed by atoms with Crippen LogP contribution in [0.4, 0.5) is 0 Å². The first kappa shape index (κ1) is 12.2. The van der Waals surface area contributed by atoms with Crippen molar-refractivity contribution in [2.75, 3.05) is 13.1 Å². The molecule has 0 amide bonds. The Bertz CT molecular complexity index is 1030. The van der Waals surface area contributed by atoms with E-state index in [1.54, 1.807) is 0 Å². The van der Waals surface area contributed by atoms with E-state index in [0.717, 1.165) is 35.0 Å². The van der Waals surface area contributed by atoms with Gasteiger partial charge in [0.05, 0.1) is 5.54 Å². The molecule has 1 fully saturated rings.